The van der Waals surface area contributed by atoms with Gasteiger partial charge in [-0.05, 0) is 32.7 Å². The molecular weight excluding hydrogens is 278 g/mol. The zero-order chi connectivity index (χ0) is 13.3. The van der Waals surface area contributed by atoms with Crippen LogP contribution in [-0.4, -0.2) is 33.4 Å². The van der Waals surface area contributed by atoms with E-state index in [0.717, 1.165) is 24.7 Å². The molecule has 19 heavy (non-hydrogen) atoms. The topological polar surface area (TPSA) is 51.0 Å². The maximum atomic E-state index is 5.55. The lowest BCUT2D eigenvalue weighted by Crippen LogP contribution is -2.33. The summed E-state index contributed by atoms with van der Waals surface area (Å²) >= 11 is 4.03. The van der Waals surface area contributed by atoms with Gasteiger partial charge in [0.05, 0.1) is 10.8 Å². The molecule has 0 aromatic carbocycles. The van der Waals surface area contributed by atoms with Gasteiger partial charge in [0.1, 0.15) is 0 Å². The summed E-state index contributed by atoms with van der Waals surface area (Å²) in [4.78, 5) is 4.71. The third kappa shape index (κ3) is 2.67. The smallest absolute Gasteiger partial charge is 0.246 e. The van der Waals surface area contributed by atoms with Gasteiger partial charge in [0.25, 0.3) is 0 Å². The summed E-state index contributed by atoms with van der Waals surface area (Å²) in [7, 11) is 0. The molecule has 0 spiro atoms. The average Bonchev–Trinajstić information content (AvgIpc) is 3.08. The standard InChI is InChI=1S/C13H21N3OS2/c1-3-9-10(19-8-7-18-9)11-15-12(17-16-11)13(2)5-4-6-14-13/h9-10,14H,3-8H2,1-2H3. The molecule has 2 saturated heterocycles. The Morgan fingerprint density at radius 3 is 3.00 bits per heavy atom. The van der Waals surface area contributed by atoms with Gasteiger partial charge in [-0.2, -0.15) is 16.7 Å². The van der Waals surface area contributed by atoms with E-state index in [1.165, 1.54) is 24.3 Å². The number of nitrogens with zero attached hydrogens (tertiary/aromatic N) is 2. The normalized spacial score (nSPS) is 35.7. The number of hydrogen-bond donors (Lipinski definition) is 1. The molecule has 1 N–H and O–H groups in total. The van der Waals surface area contributed by atoms with Crippen LogP contribution in [0, 0.1) is 0 Å². The van der Waals surface area contributed by atoms with Crippen molar-refractivity contribution in [3.8, 4) is 0 Å². The largest absolute Gasteiger partial charge is 0.337 e. The van der Waals surface area contributed by atoms with E-state index in [0.29, 0.717) is 10.5 Å². The molecular formula is C13H21N3OS2. The van der Waals surface area contributed by atoms with Crippen molar-refractivity contribution in [3.63, 3.8) is 0 Å². The van der Waals surface area contributed by atoms with Crippen LogP contribution in [-0.2, 0) is 5.54 Å². The van der Waals surface area contributed by atoms with Gasteiger partial charge in [0.2, 0.25) is 5.89 Å². The Morgan fingerprint density at radius 2 is 2.26 bits per heavy atom. The molecule has 6 heteroatoms. The van der Waals surface area contributed by atoms with E-state index in [4.69, 9.17) is 9.51 Å². The molecule has 3 atom stereocenters. The molecule has 4 nitrogen and oxygen atoms in total. The van der Waals surface area contributed by atoms with Gasteiger partial charge < -0.3 is 9.84 Å². The first-order chi connectivity index (χ1) is 9.23. The molecule has 0 amide bonds. The molecule has 2 aliphatic heterocycles. The first-order valence-corrected chi connectivity index (χ1v) is 9.15. The van der Waals surface area contributed by atoms with Gasteiger partial charge in [-0.1, -0.05) is 12.1 Å². The van der Waals surface area contributed by atoms with Crippen LogP contribution in [0.25, 0.3) is 0 Å². The summed E-state index contributed by atoms with van der Waals surface area (Å²) < 4.78 is 5.55. The van der Waals surface area contributed by atoms with Crippen molar-refractivity contribution >= 4 is 23.5 Å². The Labute approximate surface area is 122 Å². The van der Waals surface area contributed by atoms with Crippen LogP contribution in [0.15, 0.2) is 4.52 Å². The van der Waals surface area contributed by atoms with Crippen LogP contribution >= 0.6 is 23.5 Å². The predicted molar refractivity (Wildman–Crippen MR) is 80.6 cm³/mol. The van der Waals surface area contributed by atoms with Crippen LogP contribution < -0.4 is 5.32 Å². The Balaban J connectivity index is 1.80. The van der Waals surface area contributed by atoms with E-state index in [1.807, 2.05) is 23.5 Å². The minimum absolute atomic E-state index is 0.112. The second-order valence-corrected chi connectivity index (χ2v) is 8.03. The van der Waals surface area contributed by atoms with E-state index in [9.17, 15) is 0 Å². The van der Waals surface area contributed by atoms with Crippen molar-refractivity contribution in [3.05, 3.63) is 11.7 Å². The Kier molecular flexibility index (Phi) is 4.10. The molecule has 0 bridgehead atoms. The van der Waals surface area contributed by atoms with Crippen molar-refractivity contribution in [1.82, 2.24) is 15.5 Å². The summed E-state index contributed by atoms with van der Waals surface area (Å²) in [6, 6.07) is 0. The minimum atomic E-state index is -0.112. The van der Waals surface area contributed by atoms with E-state index >= 15 is 0 Å². The molecule has 0 radical (unpaired) electrons. The first-order valence-electron chi connectivity index (χ1n) is 7.05. The summed E-state index contributed by atoms with van der Waals surface area (Å²) in [5.41, 5.74) is -0.112. The number of rotatable bonds is 3. The van der Waals surface area contributed by atoms with Crippen LogP contribution in [0.3, 0.4) is 0 Å². The summed E-state index contributed by atoms with van der Waals surface area (Å²) in [6.45, 7) is 5.45. The molecule has 3 heterocycles. The molecule has 2 aliphatic rings. The fraction of sp³-hybridized carbons (Fsp3) is 0.846. The monoisotopic (exact) mass is 299 g/mol. The van der Waals surface area contributed by atoms with Gasteiger partial charge in [-0.25, -0.2) is 0 Å². The fourth-order valence-corrected chi connectivity index (χ4v) is 5.78. The quantitative estimate of drug-likeness (QED) is 0.926. The zero-order valence-corrected chi connectivity index (χ0v) is 13.1. The fourth-order valence-electron chi connectivity index (χ4n) is 2.79. The van der Waals surface area contributed by atoms with Crippen LogP contribution in [0.1, 0.15) is 50.1 Å². The van der Waals surface area contributed by atoms with E-state index in [-0.39, 0.29) is 5.54 Å². The maximum Gasteiger partial charge on any atom is 0.246 e. The van der Waals surface area contributed by atoms with Crippen molar-refractivity contribution in [2.45, 2.75) is 49.1 Å². The second-order valence-electron chi connectivity index (χ2n) is 5.43. The molecule has 3 unspecified atom stereocenters. The molecule has 106 valence electrons. The van der Waals surface area contributed by atoms with Crippen molar-refractivity contribution in [2.75, 3.05) is 18.1 Å². The molecule has 0 saturated carbocycles. The average molecular weight is 299 g/mol. The SMILES string of the molecule is CCC1SCCSC1c1noc(C2(C)CCCN2)n1. The number of thioether (sulfide) groups is 2. The lowest BCUT2D eigenvalue weighted by atomic mass is 10.0. The van der Waals surface area contributed by atoms with Gasteiger partial charge in [0, 0.05) is 16.8 Å². The lowest BCUT2D eigenvalue weighted by molar-refractivity contribution is 0.274. The maximum absolute atomic E-state index is 5.55. The van der Waals surface area contributed by atoms with E-state index in [2.05, 4.69) is 24.3 Å². The van der Waals surface area contributed by atoms with Gasteiger partial charge in [0.15, 0.2) is 5.82 Å². The van der Waals surface area contributed by atoms with Crippen LogP contribution in [0.2, 0.25) is 0 Å². The second kappa shape index (κ2) is 5.66. The van der Waals surface area contributed by atoms with Crippen molar-refractivity contribution in [1.29, 1.82) is 0 Å². The van der Waals surface area contributed by atoms with Gasteiger partial charge >= 0.3 is 0 Å². The molecule has 3 rings (SSSR count). The van der Waals surface area contributed by atoms with Gasteiger partial charge in [-0.3, -0.25) is 0 Å². The summed E-state index contributed by atoms with van der Waals surface area (Å²) in [6.07, 6.45) is 3.43. The summed E-state index contributed by atoms with van der Waals surface area (Å²) in [5.74, 6) is 4.09. The number of hydrogen-bond acceptors (Lipinski definition) is 6. The molecule has 1 aromatic rings. The third-order valence-electron chi connectivity index (χ3n) is 3.99. The highest BCUT2D eigenvalue weighted by atomic mass is 32.2. The first kappa shape index (κ1) is 13.8. The lowest BCUT2D eigenvalue weighted by Gasteiger charge is -2.27. The van der Waals surface area contributed by atoms with Crippen LogP contribution in [0.4, 0.5) is 0 Å². The predicted octanol–water partition coefficient (Wildman–Crippen LogP) is 2.97. The minimum Gasteiger partial charge on any atom is -0.337 e. The zero-order valence-electron chi connectivity index (χ0n) is 11.5. The molecule has 0 aliphatic carbocycles. The van der Waals surface area contributed by atoms with E-state index < -0.39 is 0 Å². The van der Waals surface area contributed by atoms with Crippen molar-refractivity contribution < 1.29 is 4.52 Å². The highest BCUT2D eigenvalue weighted by Crippen LogP contribution is 2.43. The number of aromatic nitrogens is 2. The van der Waals surface area contributed by atoms with Crippen molar-refractivity contribution in [2.24, 2.45) is 0 Å². The van der Waals surface area contributed by atoms with Crippen LogP contribution in [0.5, 0.6) is 0 Å². The van der Waals surface area contributed by atoms with E-state index in [1.54, 1.807) is 0 Å². The number of nitrogens with one attached hydrogen (secondary N) is 1. The third-order valence-corrected chi connectivity index (χ3v) is 7.23. The van der Waals surface area contributed by atoms with Gasteiger partial charge in [-0.15, -0.1) is 11.8 Å². The molecule has 2 fully saturated rings. The Bertz CT molecular complexity index is 431. The Hall–Kier alpha value is -0.200. The highest BCUT2D eigenvalue weighted by molar-refractivity contribution is 8.06. The summed E-state index contributed by atoms with van der Waals surface area (Å²) in [5, 5.41) is 8.76. The Morgan fingerprint density at radius 1 is 1.42 bits per heavy atom. The highest BCUT2D eigenvalue weighted by Gasteiger charge is 2.38. The molecule has 1 aromatic heterocycles.